The Bertz CT molecular complexity index is 1070. The number of hydrogen-bond donors (Lipinski definition) is 1. The van der Waals surface area contributed by atoms with Crippen LogP contribution in [-0.4, -0.2) is 71.4 Å². The molecule has 4 aromatic rings. The molecule has 0 aliphatic rings. The van der Waals surface area contributed by atoms with Crippen LogP contribution in [0.15, 0.2) is 55.0 Å². The zero-order valence-electron chi connectivity index (χ0n) is 12.7. The first-order valence-corrected chi connectivity index (χ1v) is 8.12. The van der Waals surface area contributed by atoms with Crippen LogP contribution in [-0.2, 0) is 0 Å². The number of ether oxygens (including phenoxy) is 1. The zero-order chi connectivity index (χ0) is 17.2. The van der Waals surface area contributed by atoms with E-state index in [0.717, 1.165) is 20.9 Å². The summed E-state index contributed by atoms with van der Waals surface area (Å²) in [5.74, 6) is 1.14. The van der Waals surface area contributed by atoms with E-state index >= 15 is 0 Å². The fraction of sp³-hybridized carbons (Fsp3) is 0. The van der Waals surface area contributed by atoms with E-state index in [0.29, 0.717) is 17.1 Å². The van der Waals surface area contributed by atoms with Crippen molar-refractivity contribution in [3.63, 3.8) is 0 Å². The molecule has 0 aliphatic heterocycles. The third-order valence-corrected chi connectivity index (χ3v) is 4.51. The number of thiazole rings is 1. The van der Waals surface area contributed by atoms with Gasteiger partial charge in [0.05, 0.1) is 11.8 Å². The number of aromatic hydroxyl groups is 1. The molecule has 2 aromatic carbocycles. The van der Waals surface area contributed by atoms with Crippen molar-refractivity contribution in [2.24, 2.45) is 0 Å². The Hall–Kier alpha value is -1.86. The van der Waals surface area contributed by atoms with Crippen molar-refractivity contribution in [2.45, 2.75) is 0 Å². The fourth-order valence-corrected chi connectivity index (χ4v) is 3.17. The molecule has 0 bridgehead atoms. The molecule has 8 heteroatoms. The number of aromatic nitrogens is 3. The number of rotatable bonds is 3. The zero-order valence-corrected chi connectivity index (χ0v) is 13.6. The molecule has 0 fully saturated rings. The van der Waals surface area contributed by atoms with Crippen molar-refractivity contribution in [3.8, 4) is 33.9 Å². The van der Waals surface area contributed by atoms with Gasteiger partial charge in [0.15, 0.2) is 0 Å². The second-order valence-electron chi connectivity index (χ2n) is 5.15. The van der Waals surface area contributed by atoms with Crippen LogP contribution in [0.3, 0.4) is 0 Å². The van der Waals surface area contributed by atoms with E-state index in [9.17, 15) is 10.4 Å². The average molecular weight is 386 g/mol. The van der Waals surface area contributed by atoms with Gasteiger partial charge < -0.3 is 9.84 Å². The van der Waals surface area contributed by atoms with E-state index in [1.54, 1.807) is 30.5 Å². The van der Waals surface area contributed by atoms with Gasteiger partial charge in [0.25, 0.3) is 0 Å². The van der Waals surface area contributed by atoms with Gasteiger partial charge in [-0.1, -0.05) is 11.3 Å². The first-order chi connectivity index (χ1) is 12.2. The van der Waals surface area contributed by atoms with Crippen molar-refractivity contribution >= 4 is 73.1 Å². The van der Waals surface area contributed by atoms with Gasteiger partial charge >= 0.3 is 51.4 Å². The second-order valence-corrected chi connectivity index (χ2v) is 6.13. The van der Waals surface area contributed by atoms with E-state index in [2.05, 4.69) is 21.0 Å². The molecule has 0 radical (unpaired) electrons. The van der Waals surface area contributed by atoms with Crippen molar-refractivity contribution in [1.29, 1.82) is 5.26 Å². The van der Waals surface area contributed by atoms with Crippen LogP contribution in [0.1, 0.15) is 5.56 Å². The Morgan fingerprint density at radius 2 is 1.92 bits per heavy atom. The normalized spacial score (nSPS) is 10.1. The van der Waals surface area contributed by atoms with Gasteiger partial charge in [0.2, 0.25) is 0 Å². The molecule has 6 nitrogen and oxygen atoms in total. The molecule has 0 saturated heterocycles. The van der Waals surface area contributed by atoms with Crippen molar-refractivity contribution in [3.05, 3.63) is 60.6 Å². The minimum absolute atomic E-state index is 0. The molecule has 0 unspecified atom stereocenters. The van der Waals surface area contributed by atoms with E-state index < -0.39 is 0 Å². The van der Waals surface area contributed by atoms with Crippen LogP contribution in [0.5, 0.6) is 17.2 Å². The molecule has 0 spiro atoms. The molecule has 1 N–H and O–H groups in total. The van der Waals surface area contributed by atoms with Crippen molar-refractivity contribution in [1.82, 2.24) is 15.0 Å². The molecular formula is C18H11KN4O2S. The Morgan fingerprint density at radius 1 is 1.12 bits per heavy atom. The molecular weight excluding hydrogens is 375 g/mol. The number of nitriles is 1. The number of hydrogen-bond acceptors (Lipinski definition) is 7. The maximum atomic E-state index is 9.44. The molecule has 26 heavy (non-hydrogen) atoms. The summed E-state index contributed by atoms with van der Waals surface area (Å²) in [4.78, 5) is 13.4. The summed E-state index contributed by atoms with van der Waals surface area (Å²) in [5.41, 5.74) is 1.94. The summed E-state index contributed by atoms with van der Waals surface area (Å²) >= 11 is 1.44. The molecule has 0 saturated carbocycles. The molecule has 122 valence electrons. The number of fused-ring (bicyclic) bond motifs is 1. The summed E-state index contributed by atoms with van der Waals surface area (Å²) in [5, 5.41) is 19.5. The van der Waals surface area contributed by atoms with Crippen LogP contribution in [0.2, 0.25) is 0 Å². The van der Waals surface area contributed by atoms with Crippen LogP contribution < -0.4 is 4.74 Å². The monoisotopic (exact) mass is 386 g/mol. The Balaban J connectivity index is 0.00000196. The topological polar surface area (TPSA) is 91.9 Å². The molecule has 0 atom stereocenters. The molecule has 0 aliphatic carbocycles. The summed E-state index contributed by atoms with van der Waals surface area (Å²) in [6.45, 7) is 0. The molecule has 4 rings (SSSR count). The quantitative estimate of drug-likeness (QED) is 0.542. The number of nitrogens with zero attached hydrogens (tertiary/aromatic N) is 4. The van der Waals surface area contributed by atoms with E-state index in [-0.39, 0.29) is 57.1 Å². The summed E-state index contributed by atoms with van der Waals surface area (Å²) < 4.78 is 5.73. The minimum atomic E-state index is 0. The van der Waals surface area contributed by atoms with Gasteiger partial charge in [-0.25, -0.2) is 15.0 Å². The van der Waals surface area contributed by atoms with E-state index in [4.69, 9.17) is 4.74 Å². The number of benzene rings is 2. The van der Waals surface area contributed by atoms with Gasteiger partial charge in [-0.3, -0.25) is 0 Å². The number of phenolic OH excluding ortho intramolecular Hbond substituents is 1. The predicted molar refractivity (Wildman–Crippen MR) is 101 cm³/mol. The van der Waals surface area contributed by atoms with Gasteiger partial charge in [-0.2, -0.15) is 5.26 Å². The Labute approximate surface area is 195 Å². The fourth-order valence-electron chi connectivity index (χ4n) is 2.29. The molecule has 0 amide bonds. The maximum absolute atomic E-state index is 9.44. The van der Waals surface area contributed by atoms with Gasteiger partial charge in [-0.15, -0.1) is 0 Å². The van der Waals surface area contributed by atoms with Gasteiger partial charge in [0, 0.05) is 5.56 Å². The SMILES string of the molecule is N#Cc1cc(-c2nc3cncnc3s2)ccc1Oc1ccc(O)cc1.[KH]. The van der Waals surface area contributed by atoms with Crippen LogP contribution in [0.4, 0.5) is 0 Å². The van der Waals surface area contributed by atoms with Crippen LogP contribution in [0, 0.1) is 11.3 Å². The third-order valence-electron chi connectivity index (χ3n) is 3.48. The van der Waals surface area contributed by atoms with Gasteiger partial charge in [0.1, 0.15) is 45.0 Å². The molecule has 2 heterocycles. The molecule has 2 aromatic heterocycles. The Morgan fingerprint density at radius 3 is 2.65 bits per heavy atom. The Kier molecular flexibility index (Phi) is 5.98. The standard InChI is InChI=1S/C18H10N4O2S.K.H/c19-8-12-7-11(17-22-15-9-20-10-21-18(15)25-17)1-6-16(12)24-14-4-2-13(23)3-5-14;;/h1-7,9-10,23H;;. The third kappa shape index (κ3) is 3.93. The average Bonchev–Trinajstić information content (AvgIpc) is 3.08. The second kappa shape index (κ2) is 8.22. The summed E-state index contributed by atoms with van der Waals surface area (Å²) in [6.07, 6.45) is 3.15. The summed E-state index contributed by atoms with van der Waals surface area (Å²) in [6, 6.07) is 13.8. The van der Waals surface area contributed by atoms with Crippen molar-refractivity contribution < 1.29 is 9.84 Å². The van der Waals surface area contributed by atoms with Crippen LogP contribution in [0.25, 0.3) is 20.9 Å². The first-order valence-electron chi connectivity index (χ1n) is 7.31. The van der Waals surface area contributed by atoms with Crippen molar-refractivity contribution in [2.75, 3.05) is 0 Å². The van der Waals surface area contributed by atoms with E-state index in [1.807, 2.05) is 6.07 Å². The first kappa shape index (κ1) is 18.9. The van der Waals surface area contributed by atoms with E-state index in [1.165, 1.54) is 29.8 Å². The predicted octanol–water partition coefficient (Wildman–Crippen LogP) is 3.47. The number of phenols is 1. The van der Waals surface area contributed by atoms with Gasteiger partial charge in [-0.05, 0) is 42.5 Å². The van der Waals surface area contributed by atoms with Crippen LogP contribution >= 0.6 is 11.3 Å². The summed E-state index contributed by atoms with van der Waals surface area (Å²) in [7, 11) is 0.